The van der Waals surface area contributed by atoms with Crippen LogP contribution in [-0.2, 0) is 0 Å². The minimum absolute atomic E-state index is 0.0253. The van der Waals surface area contributed by atoms with Gasteiger partial charge in [-0.15, -0.1) is 0 Å². The number of amides is 2. The number of fused-ring (bicyclic) bond motifs is 1. The first-order valence-corrected chi connectivity index (χ1v) is 6.86. The Kier molecular flexibility index (Phi) is 3.17. The van der Waals surface area contributed by atoms with Crippen LogP contribution in [-0.4, -0.2) is 58.3 Å². The Bertz CT molecular complexity index is 514. The van der Waals surface area contributed by atoms with Gasteiger partial charge in [-0.2, -0.15) is 0 Å². The van der Waals surface area contributed by atoms with Gasteiger partial charge in [-0.3, -0.25) is 4.90 Å². The number of carbonyl (C=O) groups is 1. The number of hydrogen-bond acceptors (Lipinski definition) is 4. The van der Waals surface area contributed by atoms with Gasteiger partial charge < -0.3 is 20.4 Å². The van der Waals surface area contributed by atoms with Crippen molar-refractivity contribution in [2.24, 2.45) is 0 Å². The van der Waals surface area contributed by atoms with Gasteiger partial charge in [0.15, 0.2) is 0 Å². The van der Waals surface area contributed by atoms with E-state index in [1.54, 1.807) is 12.1 Å². The quantitative estimate of drug-likeness (QED) is 0.749. The molecule has 2 aliphatic rings. The van der Waals surface area contributed by atoms with Crippen molar-refractivity contribution in [1.29, 1.82) is 0 Å². The molecule has 2 amide bonds. The predicted octanol–water partition coefficient (Wildman–Crippen LogP) is 0.868. The van der Waals surface area contributed by atoms with Crippen LogP contribution in [0.3, 0.4) is 0 Å². The van der Waals surface area contributed by atoms with Crippen LogP contribution >= 0.6 is 0 Å². The molecule has 0 bridgehead atoms. The molecule has 6 nitrogen and oxygen atoms in total. The minimum Gasteiger partial charge on any atom is -0.508 e. The Balaban J connectivity index is 1.75. The Morgan fingerprint density at radius 2 is 1.95 bits per heavy atom. The molecule has 2 saturated heterocycles. The molecular weight excluding hydrogens is 258 g/mol. The van der Waals surface area contributed by atoms with Gasteiger partial charge in [0.25, 0.3) is 0 Å². The molecular formula is C14H19N3O3. The summed E-state index contributed by atoms with van der Waals surface area (Å²) in [6.07, 6.45) is 0. The number of nitrogens with one attached hydrogen (secondary N) is 1. The lowest BCUT2D eigenvalue weighted by molar-refractivity contribution is 0.0938. The van der Waals surface area contributed by atoms with Gasteiger partial charge in [0.1, 0.15) is 11.5 Å². The number of benzene rings is 1. The Labute approximate surface area is 117 Å². The number of rotatable bonds is 2. The molecule has 1 aromatic carbocycles. The van der Waals surface area contributed by atoms with Crippen LogP contribution in [0.1, 0.15) is 18.5 Å². The molecule has 0 saturated carbocycles. The first kappa shape index (κ1) is 13.1. The largest absolute Gasteiger partial charge is 0.508 e. The van der Waals surface area contributed by atoms with E-state index in [-0.39, 0.29) is 29.6 Å². The lowest BCUT2D eigenvalue weighted by Crippen LogP contribution is -2.52. The summed E-state index contributed by atoms with van der Waals surface area (Å²) >= 11 is 0. The third kappa shape index (κ3) is 2.27. The van der Waals surface area contributed by atoms with Crippen molar-refractivity contribution >= 4 is 6.03 Å². The molecule has 6 heteroatoms. The number of hydrogen-bond donors (Lipinski definition) is 3. The maximum atomic E-state index is 11.6. The van der Waals surface area contributed by atoms with Crippen molar-refractivity contribution in [3.8, 4) is 11.5 Å². The van der Waals surface area contributed by atoms with Gasteiger partial charge in [-0.05, 0) is 24.6 Å². The Hall–Kier alpha value is -1.95. The first-order chi connectivity index (χ1) is 9.54. The van der Waals surface area contributed by atoms with Gasteiger partial charge in [-0.1, -0.05) is 0 Å². The van der Waals surface area contributed by atoms with Crippen molar-refractivity contribution in [1.82, 2.24) is 15.1 Å². The minimum atomic E-state index is 0.0253. The lowest BCUT2D eigenvalue weighted by Gasteiger charge is -2.39. The van der Waals surface area contributed by atoms with Gasteiger partial charge in [-0.25, -0.2) is 4.79 Å². The van der Waals surface area contributed by atoms with Crippen LogP contribution in [0.2, 0.25) is 0 Å². The second-order valence-electron chi connectivity index (χ2n) is 5.49. The maximum Gasteiger partial charge on any atom is 0.317 e. The van der Waals surface area contributed by atoms with Gasteiger partial charge in [0.05, 0.1) is 6.04 Å². The van der Waals surface area contributed by atoms with Crippen LogP contribution in [0.15, 0.2) is 18.2 Å². The molecule has 3 N–H and O–H groups in total. The maximum absolute atomic E-state index is 11.6. The molecule has 2 unspecified atom stereocenters. The van der Waals surface area contributed by atoms with Crippen molar-refractivity contribution in [2.75, 3.05) is 26.2 Å². The van der Waals surface area contributed by atoms with Crippen LogP contribution < -0.4 is 5.32 Å². The topological polar surface area (TPSA) is 76.0 Å². The van der Waals surface area contributed by atoms with Crippen molar-refractivity contribution in [3.05, 3.63) is 23.8 Å². The molecule has 2 aliphatic heterocycles. The monoisotopic (exact) mass is 277 g/mol. The SMILES string of the molecule is CC(c1cc(O)cc(O)c1)N1CCN2C(=O)NCC2C1. The highest BCUT2D eigenvalue weighted by Crippen LogP contribution is 2.30. The predicted molar refractivity (Wildman–Crippen MR) is 73.7 cm³/mol. The normalized spacial score (nSPS) is 24.4. The van der Waals surface area contributed by atoms with Crippen molar-refractivity contribution in [2.45, 2.75) is 19.0 Å². The fraction of sp³-hybridized carbons (Fsp3) is 0.500. The molecule has 2 atom stereocenters. The molecule has 0 aliphatic carbocycles. The fourth-order valence-corrected chi connectivity index (χ4v) is 3.05. The van der Waals surface area contributed by atoms with E-state index >= 15 is 0 Å². The van der Waals surface area contributed by atoms with Crippen LogP contribution in [0.5, 0.6) is 11.5 Å². The molecule has 2 heterocycles. The third-order valence-corrected chi connectivity index (χ3v) is 4.22. The van der Waals surface area contributed by atoms with E-state index in [0.717, 1.165) is 18.7 Å². The summed E-state index contributed by atoms with van der Waals surface area (Å²) < 4.78 is 0. The summed E-state index contributed by atoms with van der Waals surface area (Å²) in [6, 6.07) is 5.00. The molecule has 1 aromatic rings. The number of phenols is 2. The van der Waals surface area contributed by atoms with Crippen molar-refractivity contribution < 1.29 is 15.0 Å². The highest BCUT2D eigenvalue weighted by atomic mass is 16.3. The number of piperazine rings is 1. The van der Waals surface area contributed by atoms with E-state index in [2.05, 4.69) is 10.2 Å². The van der Waals surface area contributed by atoms with E-state index in [1.165, 1.54) is 6.07 Å². The Morgan fingerprint density at radius 1 is 1.25 bits per heavy atom. The summed E-state index contributed by atoms with van der Waals surface area (Å²) in [4.78, 5) is 15.7. The smallest absolute Gasteiger partial charge is 0.317 e. The zero-order chi connectivity index (χ0) is 14.3. The zero-order valence-corrected chi connectivity index (χ0v) is 11.4. The average molecular weight is 277 g/mol. The van der Waals surface area contributed by atoms with Crippen LogP contribution in [0.25, 0.3) is 0 Å². The van der Waals surface area contributed by atoms with Gasteiger partial charge in [0.2, 0.25) is 0 Å². The summed E-state index contributed by atoms with van der Waals surface area (Å²) in [5.74, 6) is 0.145. The highest BCUT2D eigenvalue weighted by molar-refractivity contribution is 5.77. The van der Waals surface area contributed by atoms with Crippen LogP contribution in [0.4, 0.5) is 4.79 Å². The molecule has 0 radical (unpaired) electrons. The molecule has 2 fully saturated rings. The Morgan fingerprint density at radius 3 is 2.65 bits per heavy atom. The van der Waals surface area contributed by atoms with Gasteiger partial charge in [0, 0.05) is 38.3 Å². The van der Waals surface area contributed by atoms with Crippen LogP contribution in [0, 0.1) is 0 Å². The second-order valence-corrected chi connectivity index (χ2v) is 5.49. The van der Waals surface area contributed by atoms with E-state index in [1.807, 2.05) is 11.8 Å². The van der Waals surface area contributed by atoms with E-state index in [9.17, 15) is 15.0 Å². The lowest BCUT2D eigenvalue weighted by atomic mass is 10.0. The molecule has 0 spiro atoms. The number of phenolic OH excluding ortho intramolecular Hbond substituents is 2. The van der Waals surface area contributed by atoms with Gasteiger partial charge >= 0.3 is 6.03 Å². The fourth-order valence-electron chi connectivity index (χ4n) is 3.05. The first-order valence-electron chi connectivity index (χ1n) is 6.86. The summed E-state index contributed by atoms with van der Waals surface area (Å²) in [5.41, 5.74) is 0.883. The van der Waals surface area contributed by atoms with E-state index < -0.39 is 0 Å². The van der Waals surface area contributed by atoms with E-state index in [0.29, 0.717) is 13.1 Å². The summed E-state index contributed by atoms with van der Waals surface area (Å²) in [7, 11) is 0. The molecule has 108 valence electrons. The third-order valence-electron chi connectivity index (χ3n) is 4.22. The number of aromatic hydroxyl groups is 2. The molecule has 20 heavy (non-hydrogen) atoms. The molecule has 3 rings (SSSR count). The standard InChI is InChI=1S/C14H19N3O3/c1-9(10-4-12(18)6-13(19)5-10)16-2-3-17-11(8-16)7-15-14(17)20/h4-6,9,11,18-19H,2-3,7-8H2,1H3,(H,15,20). The number of nitrogens with zero attached hydrogens (tertiary/aromatic N) is 2. The average Bonchev–Trinajstić information content (AvgIpc) is 2.78. The highest BCUT2D eigenvalue weighted by Gasteiger charge is 2.36. The second kappa shape index (κ2) is 4.86. The zero-order valence-electron chi connectivity index (χ0n) is 11.4. The number of urea groups is 1. The number of carbonyl (C=O) groups excluding carboxylic acids is 1. The molecule has 0 aromatic heterocycles. The summed E-state index contributed by atoms with van der Waals surface area (Å²) in [6.45, 7) is 5.05. The summed E-state index contributed by atoms with van der Waals surface area (Å²) in [5, 5.41) is 22.0. The van der Waals surface area contributed by atoms with E-state index in [4.69, 9.17) is 0 Å². The van der Waals surface area contributed by atoms with Crippen molar-refractivity contribution in [3.63, 3.8) is 0 Å².